The minimum atomic E-state index is -4.41. The van der Waals surface area contributed by atoms with Crippen LogP contribution in [0.1, 0.15) is 17.5 Å². The van der Waals surface area contributed by atoms with E-state index in [4.69, 9.17) is 9.84 Å². The molecular formula is C19H20F3NO3. The van der Waals surface area contributed by atoms with Crippen LogP contribution in [0.4, 0.5) is 13.2 Å². The highest BCUT2D eigenvalue weighted by Crippen LogP contribution is 2.30. The van der Waals surface area contributed by atoms with E-state index < -0.39 is 23.9 Å². The third kappa shape index (κ3) is 6.07. The van der Waals surface area contributed by atoms with Crippen LogP contribution in [0.5, 0.6) is 5.75 Å². The van der Waals surface area contributed by atoms with Gasteiger partial charge in [-0.3, -0.25) is 9.69 Å². The summed E-state index contributed by atoms with van der Waals surface area (Å²) in [7, 11) is 1.61. The van der Waals surface area contributed by atoms with Crippen LogP contribution in [-0.2, 0) is 17.4 Å². The van der Waals surface area contributed by atoms with Gasteiger partial charge in [-0.1, -0.05) is 30.3 Å². The van der Waals surface area contributed by atoms with Gasteiger partial charge in [-0.25, -0.2) is 0 Å². The topological polar surface area (TPSA) is 49.8 Å². The fourth-order valence-electron chi connectivity index (χ4n) is 2.50. The Bertz CT molecular complexity index is 702. The molecule has 1 atom stereocenters. The number of ether oxygens (including phenoxy) is 1. The quantitative estimate of drug-likeness (QED) is 0.715. The average molecular weight is 367 g/mol. The van der Waals surface area contributed by atoms with Gasteiger partial charge in [-0.15, -0.1) is 0 Å². The van der Waals surface area contributed by atoms with Crippen molar-refractivity contribution < 1.29 is 27.8 Å². The van der Waals surface area contributed by atoms with Crippen LogP contribution in [-0.4, -0.2) is 35.8 Å². The number of halogens is 3. The van der Waals surface area contributed by atoms with Crippen LogP contribution < -0.4 is 4.74 Å². The average Bonchev–Trinajstić information content (AvgIpc) is 2.58. The monoisotopic (exact) mass is 367 g/mol. The maximum atomic E-state index is 12.6. The third-order valence-electron chi connectivity index (χ3n) is 3.85. The number of hydrogen-bond donors (Lipinski definition) is 1. The maximum Gasteiger partial charge on any atom is 0.416 e. The lowest BCUT2D eigenvalue weighted by Crippen LogP contribution is -2.40. The SMILES string of the molecule is CN(CC(=O)O)C(CCc1ccccc1)Oc1ccc(C(F)(F)F)cc1. The summed E-state index contributed by atoms with van der Waals surface area (Å²) in [6.07, 6.45) is -3.85. The van der Waals surface area contributed by atoms with Gasteiger partial charge < -0.3 is 9.84 Å². The number of carboxylic acid groups (broad SMARTS) is 1. The van der Waals surface area contributed by atoms with Crippen molar-refractivity contribution in [2.45, 2.75) is 25.2 Å². The maximum absolute atomic E-state index is 12.6. The molecule has 0 aliphatic rings. The van der Waals surface area contributed by atoms with Crippen LogP contribution in [0.25, 0.3) is 0 Å². The molecule has 0 radical (unpaired) electrons. The Labute approximate surface area is 149 Å². The van der Waals surface area contributed by atoms with Crippen LogP contribution in [0.15, 0.2) is 54.6 Å². The number of carboxylic acids is 1. The lowest BCUT2D eigenvalue weighted by molar-refractivity contribution is -0.140. The summed E-state index contributed by atoms with van der Waals surface area (Å²) in [5.74, 6) is -0.749. The predicted molar refractivity (Wildman–Crippen MR) is 90.9 cm³/mol. The standard InChI is InChI=1S/C19H20F3NO3/c1-23(13-18(24)25)17(12-7-14-5-3-2-4-6-14)26-16-10-8-15(9-11-16)19(20,21)22/h2-6,8-11,17H,7,12-13H2,1H3,(H,24,25). The molecule has 0 amide bonds. The first kappa shape index (κ1) is 19.8. The van der Waals surface area contributed by atoms with Crippen molar-refractivity contribution in [1.29, 1.82) is 0 Å². The number of carbonyl (C=O) groups is 1. The molecule has 0 heterocycles. The number of nitrogens with zero attached hydrogens (tertiary/aromatic N) is 1. The highest BCUT2D eigenvalue weighted by molar-refractivity contribution is 5.69. The predicted octanol–water partition coefficient (Wildman–Crippen LogP) is 4.06. The molecule has 1 N–H and O–H groups in total. The minimum Gasteiger partial charge on any atom is -0.480 e. The van der Waals surface area contributed by atoms with Gasteiger partial charge in [0.1, 0.15) is 5.75 Å². The summed E-state index contributed by atoms with van der Waals surface area (Å²) in [6.45, 7) is -0.236. The molecule has 0 aliphatic heterocycles. The second kappa shape index (κ2) is 8.71. The van der Waals surface area contributed by atoms with E-state index in [2.05, 4.69) is 0 Å². The van der Waals surface area contributed by atoms with Gasteiger partial charge in [0.05, 0.1) is 12.1 Å². The molecule has 26 heavy (non-hydrogen) atoms. The molecule has 1 unspecified atom stereocenters. The Hall–Kier alpha value is -2.54. The van der Waals surface area contributed by atoms with Crippen LogP contribution in [0.2, 0.25) is 0 Å². The Morgan fingerprint density at radius 1 is 1.12 bits per heavy atom. The van der Waals surface area contributed by atoms with Crippen molar-refractivity contribution in [2.75, 3.05) is 13.6 Å². The fraction of sp³-hybridized carbons (Fsp3) is 0.316. The van der Waals surface area contributed by atoms with E-state index in [9.17, 15) is 18.0 Å². The van der Waals surface area contributed by atoms with E-state index in [1.54, 1.807) is 7.05 Å². The Balaban J connectivity index is 2.08. The van der Waals surface area contributed by atoms with Crippen molar-refractivity contribution in [2.24, 2.45) is 0 Å². The van der Waals surface area contributed by atoms with Gasteiger partial charge in [0.25, 0.3) is 0 Å². The molecule has 0 aromatic heterocycles. The molecule has 0 saturated carbocycles. The largest absolute Gasteiger partial charge is 0.480 e. The summed E-state index contributed by atoms with van der Waals surface area (Å²) in [4.78, 5) is 12.5. The summed E-state index contributed by atoms with van der Waals surface area (Å²) < 4.78 is 43.7. The molecule has 2 aromatic carbocycles. The van der Waals surface area contributed by atoms with Crippen molar-refractivity contribution in [3.8, 4) is 5.75 Å². The van der Waals surface area contributed by atoms with Crippen LogP contribution >= 0.6 is 0 Å². The van der Waals surface area contributed by atoms with Crippen molar-refractivity contribution in [3.05, 3.63) is 65.7 Å². The van der Waals surface area contributed by atoms with Crippen molar-refractivity contribution in [3.63, 3.8) is 0 Å². The molecule has 0 saturated heterocycles. The van der Waals surface area contributed by atoms with E-state index in [0.29, 0.717) is 12.8 Å². The molecule has 4 nitrogen and oxygen atoms in total. The second-order valence-electron chi connectivity index (χ2n) is 5.93. The van der Waals surface area contributed by atoms with E-state index in [1.807, 2.05) is 30.3 Å². The fourth-order valence-corrected chi connectivity index (χ4v) is 2.50. The van der Waals surface area contributed by atoms with E-state index in [-0.39, 0.29) is 12.3 Å². The Morgan fingerprint density at radius 3 is 2.27 bits per heavy atom. The zero-order chi connectivity index (χ0) is 19.2. The summed E-state index contributed by atoms with van der Waals surface area (Å²) in [6, 6.07) is 14.0. The number of benzene rings is 2. The molecule has 2 aromatic rings. The van der Waals surface area contributed by atoms with Gasteiger partial charge in [0.15, 0.2) is 6.23 Å². The lowest BCUT2D eigenvalue weighted by atomic mass is 10.1. The molecule has 0 aliphatic carbocycles. The number of likely N-dealkylation sites (N-methyl/N-ethyl adjacent to an activating group) is 1. The Kier molecular flexibility index (Phi) is 6.63. The smallest absolute Gasteiger partial charge is 0.416 e. The zero-order valence-electron chi connectivity index (χ0n) is 14.2. The van der Waals surface area contributed by atoms with Gasteiger partial charge in [0, 0.05) is 6.42 Å². The number of rotatable bonds is 8. The summed E-state index contributed by atoms with van der Waals surface area (Å²) in [5.41, 5.74) is 0.307. The van der Waals surface area contributed by atoms with E-state index in [1.165, 1.54) is 17.0 Å². The van der Waals surface area contributed by atoms with Gasteiger partial charge in [-0.05, 0) is 43.3 Å². The number of hydrogen-bond acceptors (Lipinski definition) is 3. The first-order valence-electron chi connectivity index (χ1n) is 8.05. The second-order valence-corrected chi connectivity index (χ2v) is 5.93. The van der Waals surface area contributed by atoms with E-state index >= 15 is 0 Å². The zero-order valence-corrected chi connectivity index (χ0v) is 14.2. The normalized spacial score (nSPS) is 12.8. The van der Waals surface area contributed by atoms with Crippen LogP contribution in [0, 0.1) is 0 Å². The van der Waals surface area contributed by atoms with Gasteiger partial charge >= 0.3 is 12.1 Å². The number of aliphatic carboxylic acids is 1. The van der Waals surface area contributed by atoms with E-state index in [0.717, 1.165) is 17.7 Å². The van der Waals surface area contributed by atoms with Crippen molar-refractivity contribution >= 4 is 5.97 Å². The summed E-state index contributed by atoms with van der Waals surface area (Å²) >= 11 is 0. The third-order valence-corrected chi connectivity index (χ3v) is 3.85. The molecule has 0 spiro atoms. The van der Waals surface area contributed by atoms with Crippen molar-refractivity contribution in [1.82, 2.24) is 4.90 Å². The van der Waals surface area contributed by atoms with Gasteiger partial charge in [-0.2, -0.15) is 13.2 Å². The molecule has 2 rings (SSSR count). The molecule has 0 bridgehead atoms. The molecule has 140 valence electrons. The molecular weight excluding hydrogens is 347 g/mol. The highest BCUT2D eigenvalue weighted by atomic mass is 19.4. The number of aryl methyl sites for hydroxylation is 1. The molecule has 0 fully saturated rings. The number of alkyl halides is 3. The highest BCUT2D eigenvalue weighted by Gasteiger charge is 2.30. The first-order chi connectivity index (χ1) is 12.3. The Morgan fingerprint density at radius 2 is 1.73 bits per heavy atom. The van der Waals surface area contributed by atoms with Gasteiger partial charge in [0.2, 0.25) is 0 Å². The van der Waals surface area contributed by atoms with Crippen LogP contribution in [0.3, 0.4) is 0 Å². The summed E-state index contributed by atoms with van der Waals surface area (Å²) in [5, 5.41) is 8.99. The minimum absolute atomic E-state index is 0.236. The lowest BCUT2D eigenvalue weighted by Gasteiger charge is -2.27. The first-order valence-corrected chi connectivity index (χ1v) is 8.05. The molecule has 7 heteroatoms.